The highest BCUT2D eigenvalue weighted by molar-refractivity contribution is 14.1. The van der Waals surface area contributed by atoms with Crippen molar-refractivity contribution in [2.75, 3.05) is 0 Å². The summed E-state index contributed by atoms with van der Waals surface area (Å²) < 4.78 is 9.75. The van der Waals surface area contributed by atoms with E-state index in [2.05, 4.69) is 43.1 Å². The zero-order valence-corrected chi connectivity index (χ0v) is 16.3. The van der Waals surface area contributed by atoms with Crippen LogP contribution in [0.3, 0.4) is 0 Å². The van der Waals surface area contributed by atoms with Gasteiger partial charge in [-0.3, -0.25) is 9.48 Å². The van der Waals surface area contributed by atoms with Gasteiger partial charge < -0.3 is 14.4 Å². The molecule has 4 aromatic rings. The van der Waals surface area contributed by atoms with E-state index in [0.29, 0.717) is 18.9 Å². The van der Waals surface area contributed by atoms with E-state index in [1.807, 2.05) is 59.6 Å². The molecule has 1 aromatic carbocycles. The summed E-state index contributed by atoms with van der Waals surface area (Å²) >= 11 is 2.17. The first-order chi connectivity index (χ1) is 13.2. The molecule has 0 unspecified atom stereocenters. The minimum atomic E-state index is -0.404. The Hall–Kier alpha value is -2.95. The van der Waals surface area contributed by atoms with Gasteiger partial charge in [-0.05, 0) is 52.4 Å². The molecule has 0 radical (unpaired) electrons. The average Bonchev–Trinajstić information content (AvgIpc) is 3.43. The van der Waals surface area contributed by atoms with Crippen molar-refractivity contribution in [1.82, 2.24) is 29.8 Å². The van der Waals surface area contributed by atoms with Crippen LogP contribution in [0, 0.1) is 3.57 Å². The molecule has 0 aliphatic carbocycles. The predicted molar refractivity (Wildman–Crippen MR) is 105 cm³/mol. The lowest BCUT2D eigenvalue weighted by Crippen LogP contribution is -2.23. The zero-order chi connectivity index (χ0) is 18.6. The van der Waals surface area contributed by atoms with Gasteiger partial charge in [0, 0.05) is 30.8 Å². The van der Waals surface area contributed by atoms with Crippen LogP contribution in [-0.4, -0.2) is 30.4 Å². The topological polar surface area (TPSA) is 90.8 Å². The van der Waals surface area contributed by atoms with Crippen molar-refractivity contribution < 1.29 is 9.32 Å². The molecule has 0 saturated carbocycles. The molecule has 0 spiro atoms. The number of nitrogens with one attached hydrogen (secondary N) is 1. The van der Waals surface area contributed by atoms with Gasteiger partial charge in [0.25, 0.3) is 0 Å². The Balaban J connectivity index is 1.34. The van der Waals surface area contributed by atoms with Crippen LogP contribution in [0.5, 0.6) is 0 Å². The second-order valence-corrected chi connectivity index (χ2v) is 7.06. The number of hydrogen-bond acceptors (Lipinski definition) is 5. The standard InChI is InChI=1S/C18H15IN6O2/c19-14-10-21-25(11-14)12-16-22-18(27-23-16)17(26)20-9-13-3-5-15(6-4-13)24-7-1-2-8-24/h1-8,10-11H,9,12H2,(H,20,26). The number of benzene rings is 1. The molecule has 8 nitrogen and oxygen atoms in total. The average molecular weight is 474 g/mol. The van der Waals surface area contributed by atoms with Crippen LogP contribution < -0.4 is 5.32 Å². The van der Waals surface area contributed by atoms with Gasteiger partial charge in [-0.2, -0.15) is 10.1 Å². The van der Waals surface area contributed by atoms with Gasteiger partial charge in [-0.15, -0.1) is 0 Å². The zero-order valence-electron chi connectivity index (χ0n) is 14.1. The summed E-state index contributed by atoms with van der Waals surface area (Å²) in [5.74, 6) is -0.0650. The van der Waals surface area contributed by atoms with Crippen LogP contribution in [0.2, 0.25) is 0 Å². The summed E-state index contributed by atoms with van der Waals surface area (Å²) in [7, 11) is 0. The fourth-order valence-corrected chi connectivity index (χ4v) is 2.98. The van der Waals surface area contributed by atoms with Crippen molar-refractivity contribution in [2.24, 2.45) is 0 Å². The number of carbonyl (C=O) groups is 1. The molecule has 1 amide bonds. The van der Waals surface area contributed by atoms with E-state index in [0.717, 1.165) is 14.8 Å². The Labute approximate surface area is 168 Å². The van der Waals surface area contributed by atoms with Crippen LogP contribution in [0.15, 0.2) is 65.7 Å². The normalized spacial score (nSPS) is 10.9. The Kier molecular flexibility index (Phi) is 5.01. The van der Waals surface area contributed by atoms with Crippen molar-refractivity contribution in [3.05, 3.63) is 82.0 Å². The number of aromatic nitrogens is 5. The maximum Gasteiger partial charge on any atom is 0.316 e. The summed E-state index contributed by atoms with van der Waals surface area (Å²) in [4.78, 5) is 16.3. The van der Waals surface area contributed by atoms with Crippen molar-refractivity contribution in [1.29, 1.82) is 0 Å². The smallest absolute Gasteiger partial charge is 0.316 e. The molecule has 0 atom stereocenters. The number of nitrogens with zero attached hydrogens (tertiary/aromatic N) is 5. The maximum atomic E-state index is 12.2. The molecule has 0 saturated heterocycles. The van der Waals surface area contributed by atoms with Crippen molar-refractivity contribution >= 4 is 28.5 Å². The first-order valence-corrected chi connectivity index (χ1v) is 9.26. The minimum Gasteiger partial charge on any atom is -0.344 e. The number of amides is 1. The largest absolute Gasteiger partial charge is 0.344 e. The fourth-order valence-electron chi connectivity index (χ4n) is 2.53. The molecule has 0 fully saturated rings. The lowest BCUT2D eigenvalue weighted by molar-refractivity contribution is 0.0907. The molecule has 3 aromatic heterocycles. The highest BCUT2D eigenvalue weighted by Gasteiger charge is 2.15. The van der Waals surface area contributed by atoms with Crippen LogP contribution in [-0.2, 0) is 13.1 Å². The van der Waals surface area contributed by atoms with Gasteiger partial charge in [0.15, 0.2) is 5.82 Å². The Bertz CT molecular complexity index is 1040. The summed E-state index contributed by atoms with van der Waals surface area (Å²) in [5, 5.41) is 10.8. The Morgan fingerprint density at radius 1 is 1.19 bits per heavy atom. The van der Waals surface area contributed by atoms with Crippen LogP contribution in [0.4, 0.5) is 0 Å². The third-order valence-electron chi connectivity index (χ3n) is 3.86. The molecule has 1 N–H and O–H groups in total. The summed E-state index contributed by atoms with van der Waals surface area (Å²) in [6, 6.07) is 11.9. The monoisotopic (exact) mass is 474 g/mol. The Morgan fingerprint density at radius 3 is 2.67 bits per heavy atom. The van der Waals surface area contributed by atoms with Crippen LogP contribution in [0.25, 0.3) is 5.69 Å². The van der Waals surface area contributed by atoms with E-state index < -0.39 is 5.91 Å². The molecular formula is C18H15IN6O2. The lowest BCUT2D eigenvalue weighted by atomic mass is 10.2. The van der Waals surface area contributed by atoms with Gasteiger partial charge in [-0.1, -0.05) is 17.3 Å². The molecule has 9 heteroatoms. The van der Waals surface area contributed by atoms with Crippen LogP contribution >= 0.6 is 22.6 Å². The molecule has 0 aliphatic rings. The second kappa shape index (κ2) is 7.74. The lowest BCUT2D eigenvalue weighted by Gasteiger charge is -2.06. The highest BCUT2D eigenvalue weighted by Crippen LogP contribution is 2.10. The van der Waals surface area contributed by atoms with Crippen LogP contribution in [0.1, 0.15) is 22.1 Å². The molecule has 0 bridgehead atoms. The molecular weight excluding hydrogens is 459 g/mol. The number of hydrogen-bond donors (Lipinski definition) is 1. The molecule has 3 heterocycles. The van der Waals surface area contributed by atoms with E-state index in [9.17, 15) is 4.79 Å². The predicted octanol–water partition coefficient (Wildman–Crippen LogP) is 2.64. The third kappa shape index (κ3) is 4.25. The highest BCUT2D eigenvalue weighted by atomic mass is 127. The van der Waals surface area contributed by atoms with Gasteiger partial charge >= 0.3 is 11.8 Å². The van der Waals surface area contributed by atoms with E-state index >= 15 is 0 Å². The molecule has 27 heavy (non-hydrogen) atoms. The third-order valence-corrected chi connectivity index (χ3v) is 4.42. The van der Waals surface area contributed by atoms with Crippen molar-refractivity contribution in [3.8, 4) is 5.69 Å². The van der Waals surface area contributed by atoms with Crippen molar-refractivity contribution in [2.45, 2.75) is 13.1 Å². The minimum absolute atomic E-state index is 0.0594. The van der Waals surface area contributed by atoms with Gasteiger partial charge in [-0.25, -0.2) is 0 Å². The Morgan fingerprint density at radius 2 is 1.96 bits per heavy atom. The summed E-state index contributed by atoms with van der Waals surface area (Å²) in [6.45, 7) is 0.723. The van der Waals surface area contributed by atoms with Gasteiger partial charge in [0.2, 0.25) is 0 Å². The molecule has 0 aliphatic heterocycles. The SMILES string of the molecule is O=C(NCc1ccc(-n2cccc2)cc1)c1nc(Cn2cc(I)cn2)no1. The number of halogens is 1. The first-order valence-electron chi connectivity index (χ1n) is 8.18. The fraction of sp³-hybridized carbons (Fsp3) is 0.111. The van der Waals surface area contributed by atoms with E-state index in [1.165, 1.54) is 0 Å². The number of carbonyl (C=O) groups excluding carboxylic acids is 1. The second-order valence-electron chi connectivity index (χ2n) is 5.81. The first kappa shape index (κ1) is 17.5. The quantitative estimate of drug-likeness (QED) is 0.434. The molecule has 4 rings (SSSR count). The number of rotatable bonds is 6. The molecule has 136 valence electrons. The van der Waals surface area contributed by atoms with E-state index in [4.69, 9.17) is 4.52 Å². The van der Waals surface area contributed by atoms with Gasteiger partial charge in [0.1, 0.15) is 6.54 Å². The summed E-state index contributed by atoms with van der Waals surface area (Å²) in [6.07, 6.45) is 7.55. The van der Waals surface area contributed by atoms with E-state index in [1.54, 1.807) is 10.9 Å². The van der Waals surface area contributed by atoms with Crippen molar-refractivity contribution in [3.63, 3.8) is 0 Å². The summed E-state index contributed by atoms with van der Waals surface area (Å²) in [5.41, 5.74) is 2.04. The van der Waals surface area contributed by atoms with E-state index in [-0.39, 0.29) is 5.89 Å². The van der Waals surface area contributed by atoms with Gasteiger partial charge in [0.05, 0.1) is 9.77 Å². The maximum absolute atomic E-state index is 12.2.